The third-order valence-corrected chi connectivity index (χ3v) is 6.85. The van der Waals surface area contributed by atoms with Crippen LogP contribution in [0.4, 0.5) is 4.39 Å². The molecule has 0 heterocycles. The molecule has 3 aromatic rings. The van der Waals surface area contributed by atoms with Gasteiger partial charge in [-0.05, 0) is 49.4 Å². The lowest BCUT2D eigenvalue weighted by molar-refractivity contribution is 0.104. The first-order valence-electron chi connectivity index (χ1n) is 9.04. The van der Waals surface area contributed by atoms with Gasteiger partial charge in [-0.25, -0.2) is 4.39 Å². The molecule has 0 atom stereocenters. The highest BCUT2D eigenvalue weighted by Crippen LogP contribution is 2.34. The molecule has 0 N–H and O–H groups in total. The van der Waals surface area contributed by atoms with Crippen LogP contribution in [0.5, 0.6) is 0 Å². The molecule has 0 saturated carbocycles. The maximum Gasteiger partial charge on any atom is 0.282 e. The summed E-state index contributed by atoms with van der Waals surface area (Å²) >= 11 is 1.26. The van der Waals surface area contributed by atoms with E-state index in [9.17, 15) is 17.6 Å². The largest absolute Gasteiger partial charge is 0.288 e. The van der Waals surface area contributed by atoms with Gasteiger partial charge < -0.3 is 0 Å². The molecule has 0 bridgehead atoms. The Bertz CT molecular complexity index is 1290. The van der Waals surface area contributed by atoms with Crippen molar-refractivity contribution in [2.75, 3.05) is 0 Å². The summed E-state index contributed by atoms with van der Waals surface area (Å²) in [6, 6.07) is 18.9. The first-order valence-corrected chi connectivity index (χ1v) is 11.3. The van der Waals surface area contributed by atoms with Crippen LogP contribution in [0.1, 0.15) is 21.5 Å². The molecular formula is C23H16FNO3S2. The number of thioether (sulfide) groups is 1. The third kappa shape index (κ3) is 4.13. The lowest BCUT2D eigenvalue weighted by Crippen LogP contribution is -2.17. The molecule has 3 aromatic carbocycles. The van der Waals surface area contributed by atoms with Crippen molar-refractivity contribution in [1.82, 2.24) is 0 Å². The molecule has 0 aliphatic heterocycles. The average molecular weight is 438 g/mol. The number of halogens is 1. The Morgan fingerprint density at radius 2 is 1.50 bits per heavy atom. The molecule has 0 unspecified atom stereocenters. The molecule has 0 amide bonds. The van der Waals surface area contributed by atoms with Crippen LogP contribution in [0.25, 0.3) is 0 Å². The van der Waals surface area contributed by atoms with E-state index in [-0.39, 0.29) is 16.4 Å². The molecule has 4 rings (SSSR count). The van der Waals surface area contributed by atoms with Crippen LogP contribution in [0.15, 0.2) is 98.0 Å². The van der Waals surface area contributed by atoms with Gasteiger partial charge in [0, 0.05) is 16.0 Å². The summed E-state index contributed by atoms with van der Waals surface area (Å²) < 4.78 is 42.7. The molecule has 1 aliphatic rings. The topological polar surface area (TPSA) is 63.6 Å². The zero-order valence-corrected chi connectivity index (χ0v) is 17.5. The number of ketones is 1. The predicted octanol–water partition coefficient (Wildman–Crippen LogP) is 5.18. The summed E-state index contributed by atoms with van der Waals surface area (Å²) in [5.41, 5.74) is 2.11. The standard InChI is InChI=1S/C23H16FNO3S2/c1-15-6-10-17(11-7-15)29-22-14-21(19-4-2-3-5-20(19)23(22)26)25-30(27,28)18-12-8-16(24)9-13-18/h2-14H,1H3/b25-21+. The van der Waals surface area contributed by atoms with Gasteiger partial charge in [0.05, 0.1) is 15.5 Å². The van der Waals surface area contributed by atoms with Gasteiger partial charge in [0.25, 0.3) is 10.0 Å². The van der Waals surface area contributed by atoms with Crippen molar-refractivity contribution in [1.29, 1.82) is 0 Å². The second-order valence-electron chi connectivity index (χ2n) is 6.70. The zero-order valence-electron chi connectivity index (χ0n) is 15.9. The molecule has 150 valence electrons. The van der Waals surface area contributed by atoms with Crippen LogP contribution in [0.3, 0.4) is 0 Å². The van der Waals surface area contributed by atoms with Gasteiger partial charge in [0.2, 0.25) is 0 Å². The maximum absolute atomic E-state index is 13.2. The Hall–Kier alpha value is -3.03. The Labute approximate surface area is 178 Å². The highest BCUT2D eigenvalue weighted by Gasteiger charge is 2.26. The maximum atomic E-state index is 13.2. The monoisotopic (exact) mass is 437 g/mol. The molecule has 0 spiro atoms. The number of nitrogens with zero attached hydrogens (tertiary/aromatic N) is 1. The number of fused-ring (bicyclic) bond motifs is 1. The molecule has 7 heteroatoms. The summed E-state index contributed by atoms with van der Waals surface area (Å²) in [5, 5.41) is 0. The zero-order chi connectivity index (χ0) is 21.3. The molecule has 0 aromatic heterocycles. The number of hydrogen-bond donors (Lipinski definition) is 0. The van der Waals surface area contributed by atoms with Crippen molar-refractivity contribution in [3.8, 4) is 0 Å². The Morgan fingerprint density at radius 3 is 2.17 bits per heavy atom. The number of rotatable bonds is 4. The number of carbonyl (C=O) groups is 1. The fraction of sp³-hybridized carbons (Fsp3) is 0.0435. The van der Waals surface area contributed by atoms with Crippen LogP contribution in [0, 0.1) is 12.7 Å². The minimum atomic E-state index is -4.08. The molecule has 0 radical (unpaired) electrons. The molecule has 0 fully saturated rings. The highest BCUT2D eigenvalue weighted by molar-refractivity contribution is 8.04. The molecule has 1 aliphatic carbocycles. The van der Waals surface area contributed by atoms with Gasteiger partial charge in [-0.15, -0.1) is 0 Å². The summed E-state index contributed by atoms with van der Waals surface area (Å²) in [4.78, 5) is 14.1. The number of Topliss-reactive ketones (excluding diaryl/α,β-unsaturated/α-hetero) is 1. The van der Waals surface area contributed by atoms with E-state index in [2.05, 4.69) is 4.40 Å². The number of benzene rings is 3. The van der Waals surface area contributed by atoms with Crippen molar-refractivity contribution < 1.29 is 17.6 Å². The first-order chi connectivity index (χ1) is 14.3. The van der Waals surface area contributed by atoms with Crippen molar-refractivity contribution in [2.24, 2.45) is 4.40 Å². The van der Waals surface area contributed by atoms with Gasteiger partial charge >= 0.3 is 0 Å². The second kappa shape index (κ2) is 8.01. The predicted molar refractivity (Wildman–Crippen MR) is 116 cm³/mol. The molecular weight excluding hydrogens is 421 g/mol. The molecule has 30 heavy (non-hydrogen) atoms. The van der Waals surface area contributed by atoms with E-state index in [1.807, 2.05) is 31.2 Å². The minimum absolute atomic E-state index is 0.119. The first kappa shape index (κ1) is 20.3. The number of aryl methyl sites for hydroxylation is 1. The van der Waals surface area contributed by atoms with Gasteiger partial charge in [0.15, 0.2) is 5.78 Å². The average Bonchev–Trinajstić information content (AvgIpc) is 2.73. The lowest BCUT2D eigenvalue weighted by Gasteiger charge is -2.17. The Morgan fingerprint density at radius 1 is 0.867 bits per heavy atom. The SMILES string of the molecule is Cc1ccc(SC2=C/C(=N\S(=O)(=O)c3ccc(F)cc3)c3ccccc3C2=O)cc1. The third-order valence-electron chi connectivity index (χ3n) is 4.52. The summed E-state index contributed by atoms with van der Waals surface area (Å²) in [7, 11) is -4.08. The second-order valence-corrected chi connectivity index (χ2v) is 9.42. The number of allylic oxidation sites excluding steroid dienone is 2. The van der Waals surface area contributed by atoms with Crippen molar-refractivity contribution >= 4 is 33.3 Å². The Balaban J connectivity index is 1.80. The van der Waals surface area contributed by atoms with Gasteiger partial charge in [-0.1, -0.05) is 53.7 Å². The molecule has 0 saturated heterocycles. The van der Waals surface area contributed by atoms with E-state index in [0.717, 1.165) is 22.6 Å². The van der Waals surface area contributed by atoms with Crippen molar-refractivity contribution in [3.05, 3.63) is 106 Å². The van der Waals surface area contributed by atoms with E-state index < -0.39 is 15.8 Å². The van der Waals surface area contributed by atoms with Gasteiger partial charge in [0.1, 0.15) is 5.82 Å². The highest BCUT2D eigenvalue weighted by atomic mass is 32.2. The molecule has 4 nitrogen and oxygen atoms in total. The summed E-state index contributed by atoms with van der Waals surface area (Å²) in [6.07, 6.45) is 1.50. The number of carbonyl (C=O) groups excluding carboxylic acids is 1. The van der Waals surface area contributed by atoms with Crippen LogP contribution < -0.4 is 0 Å². The number of hydrogen-bond acceptors (Lipinski definition) is 4. The summed E-state index contributed by atoms with van der Waals surface area (Å²) in [5.74, 6) is -0.721. The van der Waals surface area contributed by atoms with Crippen molar-refractivity contribution in [3.63, 3.8) is 0 Å². The van der Waals surface area contributed by atoms with E-state index in [4.69, 9.17) is 0 Å². The van der Waals surface area contributed by atoms with Crippen LogP contribution in [-0.4, -0.2) is 19.9 Å². The van der Waals surface area contributed by atoms with E-state index in [1.165, 1.54) is 30.0 Å². The Kier molecular flexibility index (Phi) is 5.40. The lowest BCUT2D eigenvalue weighted by atomic mass is 9.94. The van der Waals surface area contributed by atoms with Crippen LogP contribution in [0.2, 0.25) is 0 Å². The van der Waals surface area contributed by atoms with Crippen LogP contribution >= 0.6 is 11.8 Å². The fourth-order valence-corrected chi connectivity index (χ4v) is 4.87. The number of sulfonamides is 1. The smallest absolute Gasteiger partial charge is 0.282 e. The van der Waals surface area contributed by atoms with E-state index >= 15 is 0 Å². The fourth-order valence-electron chi connectivity index (χ4n) is 2.98. The minimum Gasteiger partial charge on any atom is -0.288 e. The quantitative estimate of drug-likeness (QED) is 0.564. The van der Waals surface area contributed by atoms with E-state index in [0.29, 0.717) is 16.0 Å². The van der Waals surface area contributed by atoms with Crippen LogP contribution in [-0.2, 0) is 10.0 Å². The van der Waals surface area contributed by atoms with Gasteiger partial charge in [-0.3, -0.25) is 4.79 Å². The summed E-state index contributed by atoms with van der Waals surface area (Å²) in [6.45, 7) is 1.97. The normalized spacial score (nSPS) is 15.1. The van der Waals surface area contributed by atoms with Crippen molar-refractivity contribution in [2.45, 2.75) is 16.7 Å². The van der Waals surface area contributed by atoms with Gasteiger partial charge in [-0.2, -0.15) is 12.8 Å². The van der Waals surface area contributed by atoms with E-state index in [1.54, 1.807) is 24.3 Å².